The van der Waals surface area contributed by atoms with Gasteiger partial charge in [0.05, 0.1) is 5.56 Å². The molecule has 0 unspecified atom stereocenters. The summed E-state index contributed by atoms with van der Waals surface area (Å²) in [6.07, 6.45) is 1.01. The minimum absolute atomic E-state index is 0.0614. The summed E-state index contributed by atoms with van der Waals surface area (Å²) in [4.78, 5) is 8.36. The summed E-state index contributed by atoms with van der Waals surface area (Å²) >= 11 is 0. The molecular formula is C19H26F3NO3. The number of hydrogen-bond acceptors (Lipinski definition) is 3. The lowest BCUT2D eigenvalue weighted by atomic mass is 9.89. The number of halogens is 3. The lowest BCUT2D eigenvalue weighted by Gasteiger charge is -2.30. The third-order valence-corrected chi connectivity index (χ3v) is 4.13. The van der Waals surface area contributed by atoms with E-state index in [0.29, 0.717) is 12.0 Å². The second kappa shape index (κ2) is 9.19. The summed E-state index contributed by atoms with van der Waals surface area (Å²) in [6.45, 7) is 5.22. The van der Waals surface area contributed by atoms with Crippen LogP contribution in [0.4, 0.5) is 13.2 Å². The van der Waals surface area contributed by atoms with Crippen LogP contribution in [0.2, 0.25) is 0 Å². The van der Waals surface area contributed by atoms with Gasteiger partial charge in [0.1, 0.15) is 0 Å². The lowest BCUT2D eigenvalue weighted by molar-refractivity contribution is -0.164. The Hall–Kier alpha value is -1.86. The Balaban J connectivity index is 0.00000105. The molecule has 0 heterocycles. The minimum atomic E-state index is -4.40. The maximum Gasteiger partial charge on any atom is 0.417 e. The monoisotopic (exact) mass is 373 g/mol. The first-order valence-electron chi connectivity index (χ1n) is 8.44. The molecule has 0 aliphatic heterocycles. The molecule has 26 heavy (non-hydrogen) atoms. The fourth-order valence-corrected chi connectivity index (χ4v) is 2.70. The van der Waals surface area contributed by atoms with Gasteiger partial charge in [0.15, 0.2) is 0 Å². The van der Waals surface area contributed by atoms with Crippen LogP contribution in [0.3, 0.4) is 0 Å². The highest BCUT2D eigenvalue weighted by Gasteiger charge is 2.34. The van der Waals surface area contributed by atoms with Crippen molar-refractivity contribution in [1.29, 1.82) is 0 Å². The molecule has 2 N–H and O–H groups in total. The number of alkyl halides is 3. The SMILES string of the molecule is CC(C)(C)N(O)Cc1ccc(C2=CCCCC2)c(C(F)(F)F)c1.O=CO. The van der Waals surface area contributed by atoms with Gasteiger partial charge in [-0.1, -0.05) is 18.2 Å². The largest absolute Gasteiger partial charge is 0.483 e. The molecule has 0 fully saturated rings. The highest BCUT2D eigenvalue weighted by Crippen LogP contribution is 2.38. The Morgan fingerprint density at radius 2 is 1.81 bits per heavy atom. The van der Waals surface area contributed by atoms with Gasteiger partial charge in [-0.2, -0.15) is 18.2 Å². The summed E-state index contributed by atoms with van der Waals surface area (Å²) in [5, 5.41) is 17.9. The maximum absolute atomic E-state index is 13.5. The molecule has 0 spiro atoms. The Kier molecular flexibility index (Phi) is 7.84. The number of allylic oxidation sites excluding steroid dienone is 2. The van der Waals surface area contributed by atoms with E-state index in [-0.39, 0.29) is 18.6 Å². The van der Waals surface area contributed by atoms with Crippen LogP contribution in [0.1, 0.15) is 63.1 Å². The number of carboxylic acid groups (broad SMARTS) is 1. The lowest BCUT2D eigenvalue weighted by Crippen LogP contribution is -2.38. The van der Waals surface area contributed by atoms with E-state index >= 15 is 0 Å². The Labute approximate surface area is 151 Å². The summed E-state index contributed by atoms with van der Waals surface area (Å²) in [6, 6.07) is 4.39. The minimum Gasteiger partial charge on any atom is -0.483 e. The molecule has 0 aromatic heterocycles. The Morgan fingerprint density at radius 1 is 1.19 bits per heavy atom. The molecule has 0 saturated carbocycles. The third-order valence-electron chi connectivity index (χ3n) is 4.13. The normalized spacial score (nSPS) is 15.2. The number of rotatable bonds is 3. The fourth-order valence-electron chi connectivity index (χ4n) is 2.70. The van der Waals surface area contributed by atoms with Crippen molar-refractivity contribution in [3.05, 3.63) is 41.0 Å². The van der Waals surface area contributed by atoms with Gasteiger partial charge in [-0.15, -0.1) is 0 Å². The predicted molar refractivity (Wildman–Crippen MR) is 93.7 cm³/mol. The van der Waals surface area contributed by atoms with E-state index in [1.807, 2.05) is 6.08 Å². The predicted octanol–water partition coefficient (Wildman–Crippen LogP) is 5.35. The van der Waals surface area contributed by atoms with Crippen molar-refractivity contribution in [1.82, 2.24) is 5.06 Å². The number of benzene rings is 1. The van der Waals surface area contributed by atoms with Crippen LogP contribution in [0.15, 0.2) is 24.3 Å². The molecule has 1 aromatic rings. The van der Waals surface area contributed by atoms with Crippen LogP contribution in [-0.2, 0) is 17.5 Å². The first-order chi connectivity index (χ1) is 12.0. The molecule has 0 amide bonds. The molecule has 1 aliphatic carbocycles. The third kappa shape index (κ3) is 6.46. The smallest absolute Gasteiger partial charge is 0.417 e. The number of carbonyl (C=O) groups is 1. The standard InChI is InChI=1S/C18H24F3NO.CH2O2/c1-17(2,3)22(23)12-13-9-10-15(14-7-5-4-6-8-14)16(11-13)18(19,20)21;2-1-3/h7,9-11,23H,4-6,8,12H2,1-3H3;1H,(H,2,3). The van der Waals surface area contributed by atoms with Crippen LogP contribution in [0, 0.1) is 0 Å². The molecule has 1 aromatic carbocycles. The molecule has 7 heteroatoms. The number of hydroxylamine groups is 2. The zero-order valence-electron chi connectivity index (χ0n) is 15.3. The Morgan fingerprint density at radius 3 is 2.27 bits per heavy atom. The van der Waals surface area contributed by atoms with Crippen molar-refractivity contribution in [2.75, 3.05) is 0 Å². The second-order valence-electron chi connectivity index (χ2n) is 7.19. The van der Waals surface area contributed by atoms with Gasteiger partial charge < -0.3 is 10.3 Å². The van der Waals surface area contributed by atoms with Gasteiger partial charge in [0.2, 0.25) is 0 Å². The van der Waals surface area contributed by atoms with Crippen molar-refractivity contribution in [3.63, 3.8) is 0 Å². The molecule has 0 atom stereocenters. The van der Waals surface area contributed by atoms with E-state index in [9.17, 15) is 18.4 Å². The topological polar surface area (TPSA) is 60.8 Å². The summed E-state index contributed by atoms with van der Waals surface area (Å²) in [7, 11) is 0. The summed E-state index contributed by atoms with van der Waals surface area (Å²) in [5.41, 5.74) is 0.386. The molecule has 2 rings (SSSR count). The van der Waals surface area contributed by atoms with E-state index in [1.54, 1.807) is 32.9 Å². The Bertz CT molecular complexity index is 634. The van der Waals surface area contributed by atoms with E-state index in [0.717, 1.165) is 29.9 Å². The second-order valence-corrected chi connectivity index (χ2v) is 7.19. The van der Waals surface area contributed by atoms with Crippen molar-refractivity contribution in [3.8, 4) is 0 Å². The average molecular weight is 373 g/mol. The fraction of sp³-hybridized carbons (Fsp3) is 0.526. The van der Waals surface area contributed by atoms with Gasteiger partial charge >= 0.3 is 6.18 Å². The van der Waals surface area contributed by atoms with Crippen LogP contribution in [0.25, 0.3) is 5.57 Å². The van der Waals surface area contributed by atoms with E-state index < -0.39 is 17.3 Å². The van der Waals surface area contributed by atoms with Crippen LogP contribution < -0.4 is 0 Å². The molecule has 0 radical (unpaired) electrons. The van der Waals surface area contributed by atoms with Gasteiger partial charge in [0.25, 0.3) is 6.47 Å². The zero-order chi connectivity index (χ0) is 20.0. The average Bonchev–Trinajstić information content (AvgIpc) is 2.54. The van der Waals surface area contributed by atoms with Crippen LogP contribution in [-0.4, -0.2) is 27.4 Å². The molecule has 0 bridgehead atoms. The molecule has 146 valence electrons. The number of hydrogen-bond donors (Lipinski definition) is 2. The molecule has 1 aliphatic rings. The van der Waals surface area contributed by atoms with E-state index in [1.165, 1.54) is 6.07 Å². The van der Waals surface area contributed by atoms with Crippen molar-refractivity contribution >= 4 is 12.0 Å². The van der Waals surface area contributed by atoms with Gasteiger partial charge in [-0.3, -0.25) is 4.79 Å². The maximum atomic E-state index is 13.5. The van der Waals surface area contributed by atoms with Gasteiger partial charge in [-0.05, 0) is 69.2 Å². The summed E-state index contributed by atoms with van der Waals surface area (Å²) in [5.74, 6) is 0. The zero-order valence-corrected chi connectivity index (χ0v) is 15.3. The molecule has 4 nitrogen and oxygen atoms in total. The van der Waals surface area contributed by atoms with Crippen LogP contribution >= 0.6 is 0 Å². The van der Waals surface area contributed by atoms with Crippen molar-refractivity contribution < 1.29 is 28.3 Å². The van der Waals surface area contributed by atoms with Gasteiger partial charge in [-0.25, -0.2) is 0 Å². The quantitative estimate of drug-likeness (QED) is 0.554. The van der Waals surface area contributed by atoms with Gasteiger partial charge in [0, 0.05) is 12.1 Å². The first kappa shape index (κ1) is 22.2. The highest BCUT2D eigenvalue weighted by atomic mass is 19.4. The van der Waals surface area contributed by atoms with Crippen molar-refractivity contribution in [2.24, 2.45) is 0 Å². The first-order valence-corrected chi connectivity index (χ1v) is 8.44. The number of nitrogens with zero attached hydrogens (tertiary/aromatic N) is 1. The van der Waals surface area contributed by atoms with Crippen molar-refractivity contribution in [2.45, 2.75) is 64.7 Å². The highest BCUT2D eigenvalue weighted by molar-refractivity contribution is 5.69. The summed E-state index contributed by atoms with van der Waals surface area (Å²) < 4.78 is 40.4. The van der Waals surface area contributed by atoms with E-state index in [2.05, 4.69) is 0 Å². The van der Waals surface area contributed by atoms with E-state index in [4.69, 9.17) is 9.90 Å². The van der Waals surface area contributed by atoms with Crippen LogP contribution in [0.5, 0.6) is 0 Å². The molecular weight excluding hydrogens is 347 g/mol. The molecule has 0 saturated heterocycles.